The molecule has 6 nitrogen and oxygen atoms in total. The van der Waals surface area contributed by atoms with Crippen molar-refractivity contribution >= 4 is 5.69 Å². The van der Waals surface area contributed by atoms with Crippen LogP contribution in [0.3, 0.4) is 0 Å². The molecule has 96 valence electrons. The van der Waals surface area contributed by atoms with E-state index in [1.807, 2.05) is 13.8 Å². The maximum absolute atomic E-state index is 11.7. The molecule has 17 heavy (non-hydrogen) atoms. The van der Waals surface area contributed by atoms with Gasteiger partial charge in [-0.15, -0.1) is 0 Å². The predicted molar refractivity (Wildman–Crippen MR) is 66.0 cm³/mol. The van der Waals surface area contributed by atoms with Crippen molar-refractivity contribution in [3.05, 3.63) is 27.0 Å². The lowest BCUT2D eigenvalue weighted by atomic mass is 10.2. The van der Waals surface area contributed by atoms with E-state index in [1.54, 1.807) is 7.05 Å². The lowest BCUT2D eigenvalue weighted by Crippen LogP contribution is -2.40. The summed E-state index contributed by atoms with van der Waals surface area (Å²) in [5.74, 6) is 0.426. The smallest absolute Gasteiger partial charge is 0.330 e. The summed E-state index contributed by atoms with van der Waals surface area (Å²) >= 11 is 0. The van der Waals surface area contributed by atoms with E-state index in [1.165, 1.54) is 10.8 Å². The Morgan fingerprint density at radius 2 is 2.06 bits per heavy atom. The number of ether oxygens (including phenoxy) is 1. The van der Waals surface area contributed by atoms with Gasteiger partial charge in [-0.2, -0.15) is 0 Å². The van der Waals surface area contributed by atoms with Gasteiger partial charge in [0, 0.05) is 19.9 Å². The summed E-state index contributed by atoms with van der Waals surface area (Å²) in [6, 6.07) is 0. The van der Waals surface area contributed by atoms with Crippen LogP contribution in [0.15, 0.2) is 15.8 Å². The molecule has 0 unspecified atom stereocenters. The van der Waals surface area contributed by atoms with Crippen LogP contribution in [-0.4, -0.2) is 22.3 Å². The summed E-state index contributed by atoms with van der Waals surface area (Å²) in [4.78, 5) is 23.3. The lowest BCUT2D eigenvalue weighted by Gasteiger charge is -2.09. The summed E-state index contributed by atoms with van der Waals surface area (Å²) in [5.41, 5.74) is 4.74. The molecule has 0 fully saturated rings. The van der Waals surface area contributed by atoms with Gasteiger partial charge >= 0.3 is 5.69 Å². The van der Waals surface area contributed by atoms with Gasteiger partial charge in [-0.05, 0) is 5.92 Å². The molecule has 0 saturated carbocycles. The molecule has 0 aromatic carbocycles. The molecule has 0 radical (unpaired) electrons. The summed E-state index contributed by atoms with van der Waals surface area (Å²) in [6.07, 6.45) is 1.33. The summed E-state index contributed by atoms with van der Waals surface area (Å²) < 4.78 is 7.72. The molecule has 0 spiro atoms. The number of rotatable bonds is 5. The van der Waals surface area contributed by atoms with Gasteiger partial charge in [0.2, 0.25) is 0 Å². The second kappa shape index (κ2) is 5.67. The third-order valence-corrected chi connectivity index (χ3v) is 2.27. The van der Waals surface area contributed by atoms with Crippen molar-refractivity contribution in [1.82, 2.24) is 9.13 Å². The van der Waals surface area contributed by atoms with Gasteiger partial charge in [0.1, 0.15) is 5.69 Å². The van der Waals surface area contributed by atoms with E-state index in [4.69, 9.17) is 10.5 Å². The molecule has 2 N–H and O–H groups in total. The van der Waals surface area contributed by atoms with Gasteiger partial charge in [-0.25, -0.2) is 4.79 Å². The van der Waals surface area contributed by atoms with Crippen LogP contribution in [0.25, 0.3) is 0 Å². The summed E-state index contributed by atoms with van der Waals surface area (Å²) in [5, 5.41) is 0. The molecule has 1 heterocycles. The number of anilines is 1. The SMILES string of the molecule is CC(C)COCCn1c(=O)c(N)cn(C)c1=O. The molecular weight excluding hydrogens is 222 g/mol. The average molecular weight is 241 g/mol. The molecule has 6 heteroatoms. The Morgan fingerprint density at radius 1 is 1.41 bits per heavy atom. The maximum atomic E-state index is 11.7. The second-order valence-corrected chi connectivity index (χ2v) is 4.40. The molecule has 1 rings (SSSR count). The molecule has 1 aromatic rings. The molecule has 1 aromatic heterocycles. The fourth-order valence-corrected chi connectivity index (χ4v) is 1.42. The Morgan fingerprint density at radius 3 is 2.65 bits per heavy atom. The Labute approximate surface area is 99.6 Å². The summed E-state index contributed by atoms with van der Waals surface area (Å²) in [7, 11) is 1.56. The topological polar surface area (TPSA) is 79.2 Å². The highest BCUT2D eigenvalue weighted by molar-refractivity contribution is 5.30. The van der Waals surface area contributed by atoms with Gasteiger partial charge in [0.25, 0.3) is 5.56 Å². The quantitative estimate of drug-likeness (QED) is 0.724. The fourth-order valence-electron chi connectivity index (χ4n) is 1.42. The van der Waals surface area contributed by atoms with Crippen molar-refractivity contribution in [3.63, 3.8) is 0 Å². The average Bonchev–Trinajstić information content (AvgIpc) is 2.25. The van der Waals surface area contributed by atoms with Crippen LogP contribution in [0.5, 0.6) is 0 Å². The van der Waals surface area contributed by atoms with Crippen molar-refractivity contribution < 1.29 is 4.74 Å². The normalized spacial score (nSPS) is 11.1. The number of nitrogens with two attached hydrogens (primary N) is 1. The number of hydrogen-bond donors (Lipinski definition) is 1. The Balaban J connectivity index is 2.78. The number of hydrogen-bond acceptors (Lipinski definition) is 4. The van der Waals surface area contributed by atoms with Crippen LogP contribution < -0.4 is 17.0 Å². The zero-order chi connectivity index (χ0) is 13.0. The van der Waals surface area contributed by atoms with Crippen molar-refractivity contribution in [2.24, 2.45) is 13.0 Å². The van der Waals surface area contributed by atoms with Gasteiger partial charge in [0.05, 0.1) is 13.2 Å². The second-order valence-electron chi connectivity index (χ2n) is 4.40. The van der Waals surface area contributed by atoms with Gasteiger partial charge in [-0.1, -0.05) is 13.8 Å². The first-order valence-corrected chi connectivity index (χ1v) is 5.57. The van der Waals surface area contributed by atoms with Crippen LogP contribution in [0.2, 0.25) is 0 Å². The molecule has 0 amide bonds. The van der Waals surface area contributed by atoms with Crippen molar-refractivity contribution in [3.8, 4) is 0 Å². The third kappa shape index (κ3) is 3.45. The van der Waals surface area contributed by atoms with Crippen LogP contribution in [-0.2, 0) is 18.3 Å². The molecule has 0 aliphatic carbocycles. The minimum Gasteiger partial charge on any atom is -0.393 e. The monoisotopic (exact) mass is 241 g/mol. The largest absolute Gasteiger partial charge is 0.393 e. The molecule has 0 aliphatic rings. The lowest BCUT2D eigenvalue weighted by molar-refractivity contribution is 0.101. The first-order valence-electron chi connectivity index (χ1n) is 5.57. The highest BCUT2D eigenvalue weighted by Gasteiger charge is 2.06. The molecule has 0 saturated heterocycles. The van der Waals surface area contributed by atoms with E-state index in [0.717, 1.165) is 4.57 Å². The molecular formula is C11H19N3O3. The maximum Gasteiger partial charge on any atom is 0.330 e. The van der Waals surface area contributed by atoms with E-state index in [9.17, 15) is 9.59 Å². The number of aryl methyl sites for hydroxylation is 1. The van der Waals surface area contributed by atoms with Crippen molar-refractivity contribution in [2.75, 3.05) is 18.9 Å². The zero-order valence-electron chi connectivity index (χ0n) is 10.5. The Hall–Kier alpha value is -1.56. The van der Waals surface area contributed by atoms with E-state index in [0.29, 0.717) is 19.1 Å². The van der Waals surface area contributed by atoms with Crippen LogP contribution in [0, 0.1) is 5.92 Å². The van der Waals surface area contributed by atoms with E-state index >= 15 is 0 Å². The first kappa shape index (κ1) is 13.5. The Bertz CT molecular complexity index is 453. The molecule has 0 aliphatic heterocycles. The first-order chi connectivity index (χ1) is 7.93. The van der Waals surface area contributed by atoms with Gasteiger partial charge in [0.15, 0.2) is 0 Å². The highest BCUT2D eigenvalue weighted by atomic mass is 16.5. The van der Waals surface area contributed by atoms with Crippen LogP contribution in [0.4, 0.5) is 5.69 Å². The number of nitrogen functional groups attached to an aromatic ring is 1. The van der Waals surface area contributed by atoms with Crippen molar-refractivity contribution in [1.29, 1.82) is 0 Å². The standard InChI is InChI=1S/C11H19N3O3/c1-8(2)7-17-5-4-14-10(15)9(12)6-13(3)11(14)16/h6,8H,4-5,7,12H2,1-3H3. The minimum absolute atomic E-state index is 0.0657. The zero-order valence-corrected chi connectivity index (χ0v) is 10.5. The third-order valence-electron chi connectivity index (χ3n) is 2.27. The van der Waals surface area contributed by atoms with Crippen LogP contribution in [0.1, 0.15) is 13.8 Å². The number of nitrogens with zero attached hydrogens (tertiary/aromatic N) is 2. The molecule has 0 atom stereocenters. The van der Waals surface area contributed by atoms with Crippen molar-refractivity contribution in [2.45, 2.75) is 20.4 Å². The minimum atomic E-state index is -0.457. The number of aromatic nitrogens is 2. The predicted octanol–water partition coefficient (Wildman–Crippen LogP) is -0.198. The Kier molecular flexibility index (Phi) is 4.51. The highest BCUT2D eigenvalue weighted by Crippen LogP contribution is 1.92. The molecule has 0 bridgehead atoms. The van der Waals surface area contributed by atoms with E-state index in [-0.39, 0.29) is 17.9 Å². The fraction of sp³-hybridized carbons (Fsp3) is 0.636. The van der Waals surface area contributed by atoms with E-state index < -0.39 is 5.56 Å². The summed E-state index contributed by atoms with van der Waals surface area (Å²) in [6.45, 7) is 5.23. The van der Waals surface area contributed by atoms with Crippen LogP contribution >= 0.6 is 0 Å². The van der Waals surface area contributed by atoms with Gasteiger partial charge < -0.3 is 15.0 Å². The van der Waals surface area contributed by atoms with E-state index in [2.05, 4.69) is 0 Å². The van der Waals surface area contributed by atoms with Gasteiger partial charge in [-0.3, -0.25) is 9.36 Å².